The lowest BCUT2D eigenvalue weighted by atomic mass is 10.2. The molecular formula is C22H22N2O4S. The van der Waals surface area contributed by atoms with E-state index in [9.17, 15) is 13.2 Å². The number of rotatable bonds is 7. The molecule has 0 atom stereocenters. The maximum atomic E-state index is 12.4. The Morgan fingerprint density at radius 1 is 0.862 bits per heavy atom. The second kappa shape index (κ2) is 8.79. The van der Waals surface area contributed by atoms with Gasteiger partial charge in [0.1, 0.15) is 5.75 Å². The number of nitrogens with one attached hydrogen (secondary N) is 2. The molecule has 0 aliphatic rings. The van der Waals surface area contributed by atoms with Crippen LogP contribution in [0.25, 0.3) is 0 Å². The highest BCUT2D eigenvalue weighted by Gasteiger charge is 2.14. The van der Waals surface area contributed by atoms with Crippen LogP contribution in [-0.2, 0) is 10.0 Å². The van der Waals surface area contributed by atoms with Crippen molar-refractivity contribution >= 4 is 27.3 Å². The van der Waals surface area contributed by atoms with Gasteiger partial charge in [-0.1, -0.05) is 17.7 Å². The zero-order valence-corrected chi connectivity index (χ0v) is 17.0. The summed E-state index contributed by atoms with van der Waals surface area (Å²) < 4.78 is 32.8. The third-order valence-corrected chi connectivity index (χ3v) is 5.55. The SMILES string of the molecule is CCOc1ccc(NC(=O)c2ccc(NS(=O)(=O)c3ccc(C)cc3)cc2)cc1. The molecule has 0 saturated heterocycles. The Morgan fingerprint density at radius 3 is 2.03 bits per heavy atom. The lowest BCUT2D eigenvalue weighted by molar-refractivity contribution is 0.102. The fourth-order valence-corrected chi connectivity index (χ4v) is 3.68. The summed E-state index contributed by atoms with van der Waals surface area (Å²) in [6.45, 7) is 4.37. The molecule has 0 fully saturated rings. The Bertz CT molecular complexity index is 1080. The van der Waals surface area contributed by atoms with Crippen LogP contribution in [0.4, 0.5) is 11.4 Å². The van der Waals surface area contributed by atoms with E-state index in [1.807, 2.05) is 13.8 Å². The monoisotopic (exact) mass is 410 g/mol. The number of anilines is 2. The minimum Gasteiger partial charge on any atom is -0.494 e. The fraction of sp³-hybridized carbons (Fsp3) is 0.136. The topological polar surface area (TPSA) is 84.5 Å². The van der Waals surface area contributed by atoms with Gasteiger partial charge in [0.25, 0.3) is 15.9 Å². The van der Waals surface area contributed by atoms with E-state index in [1.54, 1.807) is 72.8 Å². The summed E-state index contributed by atoms with van der Waals surface area (Å²) in [6, 6.07) is 19.9. The van der Waals surface area contributed by atoms with Crippen molar-refractivity contribution in [3.8, 4) is 5.75 Å². The number of amides is 1. The molecule has 150 valence electrons. The third kappa shape index (κ3) is 5.36. The molecule has 0 unspecified atom stereocenters. The van der Waals surface area contributed by atoms with Gasteiger partial charge in [-0.3, -0.25) is 9.52 Å². The maximum absolute atomic E-state index is 12.4. The number of aryl methyl sites for hydroxylation is 1. The van der Waals surface area contributed by atoms with Crippen LogP contribution in [0.3, 0.4) is 0 Å². The van der Waals surface area contributed by atoms with E-state index in [0.29, 0.717) is 23.5 Å². The molecule has 2 N–H and O–H groups in total. The van der Waals surface area contributed by atoms with Gasteiger partial charge in [-0.05, 0) is 74.5 Å². The summed E-state index contributed by atoms with van der Waals surface area (Å²) in [5, 5.41) is 2.79. The second-order valence-corrected chi connectivity index (χ2v) is 8.09. The van der Waals surface area contributed by atoms with Gasteiger partial charge >= 0.3 is 0 Å². The Labute approximate surface area is 170 Å². The van der Waals surface area contributed by atoms with Crippen molar-refractivity contribution in [3.63, 3.8) is 0 Å². The van der Waals surface area contributed by atoms with Crippen LogP contribution in [-0.4, -0.2) is 20.9 Å². The van der Waals surface area contributed by atoms with Gasteiger partial charge in [0.2, 0.25) is 0 Å². The predicted octanol–water partition coefficient (Wildman–Crippen LogP) is 4.45. The number of hydrogen-bond acceptors (Lipinski definition) is 4. The van der Waals surface area contributed by atoms with Crippen LogP contribution in [0.15, 0.2) is 77.7 Å². The molecule has 0 bridgehead atoms. The number of sulfonamides is 1. The molecule has 0 heterocycles. The summed E-state index contributed by atoms with van der Waals surface area (Å²) in [5.74, 6) is 0.442. The van der Waals surface area contributed by atoms with E-state index in [4.69, 9.17) is 4.74 Å². The van der Waals surface area contributed by atoms with E-state index < -0.39 is 10.0 Å². The van der Waals surface area contributed by atoms with Gasteiger partial charge in [-0.25, -0.2) is 8.42 Å². The van der Waals surface area contributed by atoms with Crippen molar-refractivity contribution in [3.05, 3.63) is 83.9 Å². The van der Waals surface area contributed by atoms with Gasteiger partial charge in [-0.15, -0.1) is 0 Å². The number of hydrogen-bond donors (Lipinski definition) is 2. The smallest absolute Gasteiger partial charge is 0.261 e. The van der Waals surface area contributed by atoms with Crippen LogP contribution in [0, 0.1) is 6.92 Å². The van der Waals surface area contributed by atoms with Gasteiger partial charge in [0.05, 0.1) is 11.5 Å². The average Bonchev–Trinajstić information content (AvgIpc) is 2.70. The lowest BCUT2D eigenvalue weighted by Gasteiger charge is -2.10. The quantitative estimate of drug-likeness (QED) is 0.603. The predicted molar refractivity (Wildman–Crippen MR) is 114 cm³/mol. The summed E-state index contributed by atoms with van der Waals surface area (Å²) in [4.78, 5) is 12.6. The highest BCUT2D eigenvalue weighted by atomic mass is 32.2. The minimum atomic E-state index is -3.68. The van der Waals surface area contributed by atoms with Crippen molar-refractivity contribution in [2.24, 2.45) is 0 Å². The van der Waals surface area contributed by atoms with Crippen molar-refractivity contribution in [1.29, 1.82) is 0 Å². The highest BCUT2D eigenvalue weighted by molar-refractivity contribution is 7.92. The first-order valence-electron chi connectivity index (χ1n) is 9.11. The van der Waals surface area contributed by atoms with E-state index in [1.165, 1.54) is 0 Å². The first kappa shape index (κ1) is 20.4. The van der Waals surface area contributed by atoms with Crippen LogP contribution in [0.1, 0.15) is 22.8 Å². The Kier molecular flexibility index (Phi) is 6.19. The summed E-state index contributed by atoms with van der Waals surface area (Å²) in [6.07, 6.45) is 0. The summed E-state index contributed by atoms with van der Waals surface area (Å²) in [5.41, 5.74) is 2.41. The summed E-state index contributed by atoms with van der Waals surface area (Å²) in [7, 11) is -3.68. The molecule has 0 radical (unpaired) electrons. The molecule has 3 aromatic carbocycles. The Morgan fingerprint density at radius 2 is 1.45 bits per heavy atom. The van der Waals surface area contributed by atoms with Gasteiger partial charge < -0.3 is 10.1 Å². The molecule has 0 aliphatic carbocycles. The largest absolute Gasteiger partial charge is 0.494 e. The highest BCUT2D eigenvalue weighted by Crippen LogP contribution is 2.19. The number of ether oxygens (including phenoxy) is 1. The molecule has 0 aromatic heterocycles. The van der Waals surface area contributed by atoms with Gasteiger partial charge in [-0.2, -0.15) is 0 Å². The first-order chi connectivity index (χ1) is 13.9. The van der Waals surface area contributed by atoms with Crippen LogP contribution in [0.2, 0.25) is 0 Å². The van der Waals surface area contributed by atoms with Gasteiger partial charge in [0, 0.05) is 16.9 Å². The van der Waals surface area contributed by atoms with E-state index in [0.717, 1.165) is 11.3 Å². The van der Waals surface area contributed by atoms with Crippen molar-refractivity contribution in [1.82, 2.24) is 0 Å². The fourth-order valence-electron chi connectivity index (χ4n) is 2.63. The number of benzene rings is 3. The molecule has 1 amide bonds. The second-order valence-electron chi connectivity index (χ2n) is 6.41. The number of carbonyl (C=O) groups is 1. The van der Waals surface area contributed by atoms with Crippen molar-refractivity contribution < 1.29 is 17.9 Å². The van der Waals surface area contributed by atoms with E-state index in [-0.39, 0.29) is 10.8 Å². The van der Waals surface area contributed by atoms with Crippen molar-refractivity contribution in [2.45, 2.75) is 18.7 Å². The molecular weight excluding hydrogens is 388 g/mol. The Hall–Kier alpha value is -3.32. The molecule has 3 rings (SSSR count). The first-order valence-corrected chi connectivity index (χ1v) is 10.6. The molecule has 7 heteroatoms. The lowest BCUT2D eigenvalue weighted by Crippen LogP contribution is -2.14. The third-order valence-electron chi connectivity index (χ3n) is 4.15. The van der Waals surface area contributed by atoms with Crippen molar-refractivity contribution in [2.75, 3.05) is 16.6 Å². The zero-order chi connectivity index (χ0) is 20.9. The molecule has 6 nitrogen and oxygen atoms in total. The summed E-state index contributed by atoms with van der Waals surface area (Å²) >= 11 is 0. The maximum Gasteiger partial charge on any atom is 0.261 e. The standard InChI is InChI=1S/C22H22N2O4S/c1-3-28-20-12-10-18(11-13-20)23-22(25)17-6-8-19(9-7-17)24-29(26,27)21-14-4-16(2)5-15-21/h4-15,24H,3H2,1-2H3,(H,23,25). The Balaban J connectivity index is 1.66. The molecule has 29 heavy (non-hydrogen) atoms. The normalized spacial score (nSPS) is 11.0. The molecule has 0 spiro atoms. The van der Waals surface area contributed by atoms with E-state index >= 15 is 0 Å². The van der Waals surface area contributed by atoms with Crippen LogP contribution >= 0.6 is 0 Å². The van der Waals surface area contributed by atoms with Crippen LogP contribution < -0.4 is 14.8 Å². The molecule has 0 aliphatic heterocycles. The van der Waals surface area contributed by atoms with Crippen LogP contribution in [0.5, 0.6) is 5.75 Å². The van der Waals surface area contributed by atoms with E-state index in [2.05, 4.69) is 10.0 Å². The molecule has 0 saturated carbocycles. The minimum absolute atomic E-state index is 0.181. The number of carbonyl (C=O) groups excluding carboxylic acids is 1. The average molecular weight is 410 g/mol. The zero-order valence-electron chi connectivity index (χ0n) is 16.2. The van der Waals surface area contributed by atoms with Gasteiger partial charge in [0.15, 0.2) is 0 Å². The molecule has 3 aromatic rings.